The number of rotatable bonds is 8. The minimum absolute atomic E-state index is 0.255. The second-order valence-corrected chi connectivity index (χ2v) is 4.45. The predicted molar refractivity (Wildman–Crippen MR) is 82.0 cm³/mol. The van der Waals surface area contributed by atoms with E-state index >= 15 is 0 Å². The summed E-state index contributed by atoms with van der Waals surface area (Å²) in [6.45, 7) is 6.98. The van der Waals surface area contributed by atoms with Crippen LogP contribution in [0.1, 0.15) is 24.2 Å². The van der Waals surface area contributed by atoms with Gasteiger partial charge >= 0.3 is 5.97 Å². The number of ether oxygens (including phenoxy) is 3. The third-order valence-corrected chi connectivity index (χ3v) is 3.33. The minimum atomic E-state index is -0.475. The molecule has 118 valence electrons. The minimum Gasteiger partial charge on any atom is -0.497 e. The predicted octanol–water partition coefficient (Wildman–Crippen LogP) is 1.78. The topological polar surface area (TPSA) is 74.0 Å². The number of carbonyl (C=O) groups is 1. The monoisotopic (exact) mass is 296 g/mol. The van der Waals surface area contributed by atoms with Gasteiger partial charge in [-0.3, -0.25) is 0 Å². The van der Waals surface area contributed by atoms with Gasteiger partial charge in [-0.1, -0.05) is 13.8 Å². The normalized spacial score (nSPS) is 10.5. The first-order chi connectivity index (χ1) is 10.1. The summed E-state index contributed by atoms with van der Waals surface area (Å²) in [5, 5.41) is 0. The lowest BCUT2D eigenvalue weighted by Gasteiger charge is -2.18. The van der Waals surface area contributed by atoms with Crippen LogP contribution >= 0.6 is 0 Å². The molecule has 0 radical (unpaired) electrons. The van der Waals surface area contributed by atoms with Crippen molar-refractivity contribution in [1.82, 2.24) is 4.90 Å². The Kier molecular flexibility index (Phi) is 6.81. The van der Waals surface area contributed by atoms with E-state index in [1.165, 1.54) is 14.2 Å². The Morgan fingerprint density at radius 3 is 2.38 bits per heavy atom. The van der Waals surface area contributed by atoms with Crippen LogP contribution in [0.2, 0.25) is 0 Å². The third kappa shape index (κ3) is 4.53. The Balaban J connectivity index is 2.77. The largest absolute Gasteiger partial charge is 0.497 e. The second-order valence-electron chi connectivity index (χ2n) is 4.45. The van der Waals surface area contributed by atoms with Crippen molar-refractivity contribution in [2.75, 3.05) is 46.2 Å². The van der Waals surface area contributed by atoms with Crippen molar-refractivity contribution in [2.45, 2.75) is 13.8 Å². The molecule has 1 aromatic carbocycles. The zero-order valence-corrected chi connectivity index (χ0v) is 13.1. The molecule has 2 N–H and O–H groups in total. The molecule has 0 saturated heterocycles. The van der Waals surface area contributed by atoms with Gasteiger partial charge in [-0.15, -0.1) is 0 Å². The van der Waals surface area contributed by atoms with Gasteiger partial charge in [0.25, 0.3) is 0 Å². The molecule has 0 saturated carbocycles. The number of anilines is 1. The number of nitrogen functional groups attached to an aromatic ring is 1. The van der Waals surface area contributed by atoms with E-state index in [2.05, 4.69) is 18.7 Å². The number of hydrogen-bond acceptors (Lipinski definition) is 6. The zero-order chi connectivity index (χ0) is 15.8. The van der Waals surface area contributed by atoms with Crippen LogP contribution in [0.3, 0.4) is 0 Å². The van der Waals surface area contributed by atoms with Crippen molar-refractivity contribution in [3.8, 4) is 11.5 Å². The molecule has 6 heteroatoms. The number of nitrogens with two attached hydrogens (primary N) is 1. The van der Waals surface area contributed by atoms with E-state index in [0.29, 0.717) is 24.7 Å². The van der Waals surface area contributed by atoms with Gasteiger partial charge in [0.2, 0.25) is 0 Å². The number of methoxy groups -OCH3 is 2. The number of likely N-dealkylation sites (N-methyl/N-ethyl adjacent to an activating group) is 1. The average Bonchev–Trinajstić information content (AvgIpc) is 2.51. The second kappa shape index (κ2) is 8.36. The van der Waals surface area contributed by atoms with Crippen LogP contribution in [-0.4, -0.2) is 51.3 Å². The molecule has 0 bridgehead atoms. The number of carbonyl (C=O) groups excluding carboxylic acids is 1. The maximum Gasteiger partial charge on any atom is 0.340 e. The van der Waals surface area contributed by atoms with Crippen LogP contribution in [0.15, 0.2) is 12.1 Å². The van der Waals surface area contributed by atoms with Gasteiger partial charge in [-0.2, -0.15) is 0 Å². The zero-order valence-electron chi connectivity index (χ0n) is 13.1. The molecule has 0 heterocycles. The fourth-order valence-electron chi connectivity index (χ4n) is 1.94. The molecule has 0 aliphatic heterocycles. The first kappa shape index (κ1) is 17.1. The van der Waals surface area contributed by atoms with Crippen LogP contribution in [0.5, 0.6) is 11.5 Å². The Morgan fingerprint density at radius 1 is 1.19 bits per heavy atom. The van der Waals surface area contributed by atoms with Gasteiger partial charge in [0.05, 0.1) is 25.5 Å². The van der Waals surface area contributed by atoms with Crippen molar-refractivity contribution < 1.29 is 19.0 Å². The van der Waals surface area contributed by atoms with Gasteiger partial charge in [-0.25, -0.2) is 4.79 Å². The summed E-state index contributed by atoms with van der Waals surface area (Å²) < 4.78 is 15.5. The Bertz CT molecular complexity index is 473. The van der Waals surface area contributed by atoms with Gasteiger partial charge in [0, 0.05) is 12.6 Å². The molecule has 6 nitrogen and oxygen atoms in total. The summed E-state index contributed by atoms with van der Waals surface area (Å²) in [5.41, 5.74) is 6.42. The summed E-state index contributed by atoms with van der Waals surface area (Å²) in [7, 11) is 3.00. The quantitative estimate of drug-likeness (QED) is 0.582. The Labute approximate surface area is 125 Å². The number of nitrogens with zero attached hydrogens (tertiary/aromatic N) is 1. The highest BCUT2D eigenvalue weighted by Crippen LogP contribution is 2.31. The fraction of sp³-hybridized carbons (Fsp3) is 0.533. The maximum atomic E-state index is 12.1. The van der Waals surface area contributed by atoms with E-state index in [0.717, 1.165) is 13.1 Å². The highest BCUT2D eigenvalue weighted by atomic mass is 16.5. The van der Waals surface area contributed by atoms with Crippen LogP contribution in [-0.2, 0) is 4.74 Å². The van der Waals surface area contributed by atoms with Crippen molar-refractivity contribution in [1.29, 1.82) is 0 Å². The number of benzene rings is 1. The smallest absolute Gasteiger partial charge is 0.340 e. The molecule has 1 aromatic rings. The molecule has 0 aliphatic rings. The number of esters is 1. The molecule has 0 amide bonds. The van der Waals surface area contributed by atoms with Crippen LogP contribution in [0.25, 0.3) is 0 Å². The molecule has 1 rings (SSSR count). The summed E-state index contributed by atoms with van der Waals surface area (Å²) in [6.07, 6.45) is 0. The van der Waals surface area contributed by atoms with Crippen molar-refractivity contribution >= 4 is 11.7 Å². The van der Waals surface area contributed by atoms with Crippen molar-refractivity contribution in [2.24, 2.45) is 0 Å². The number of hydrogen-bond donors (Lipinski definition) is 1. The maximum absolute atomic E-state index is 12.1. The van der Waals surface area contributed by atoms with Crippen LogP contribution in [0, 0.1) is 0 Å². The van der Waals surface area contributed by atoms with Crippen molar-refractivity contribution in [3.05, 3.63) is 17.7 Å². The fourth-order valence-corrected chi connectivity index (χ4v) is 1.94. The van der Waals surface area contributed by atoms with Gasteiger partial charge in [-0.05, 0) is 19.2 Å². The van der Waals surface area contributed by atoms with E-state index in [1.54, 1.807) is 12.1 Å². The third-order valence-electron chi connectivity index (χ3n) is 3.33. The van der Waals surface area contributed by atoms with E-state index < -0.39 is 5.97 Å². The first-order valence-electron chi connectivity index (χ1n) is 6.98. The van der Waals surface area contributed by atoms with Gasteiger partial charge < -0.3 is 24.8 Å². The van der Waals surface area contributed by atoms with Crippen LogP contribution < -0.4 is 15.2 Å². The van der Waals surface area contributed by atoms with Gasteiger partial charge in [0.1, 0.15) is 18.1 Å². The van der Waals surface area contributed by atoms with E-state index in [1.807, 2.05) is 0 Å². The van der Waals surface area contributed by atoms with Gasteiger partial charge in [0.15, 0.2) is 0 Å². The highest BCUT2D eigenvalue weighted by molar-refractivity contribution is 5.97. The lowest BCUT2D eigenvalue weighted by Crippen LogP contribution is -2.28. The molecule has 0 atom stereocenters. The Morgan fingerprint density at radius 2 is 1.86 bits per heavy atom. The first-order valence-corrected chi connectivity index (χ1v) is 6.98. The lowest BCUT2D eigenvalue weighted by molar-refractivity contribution is 0.0467. The summed E-state index contributed by atoms with van der Waals surface area (Å²) in [5.74, 6) is 0.415. The molecule has 0 unspecified atom stereocenters. The molecule has 0 spiro atoms. The summed E-state index contributed by atoms with van der Waals surface area (Å²) in [6, 6.07) is 3.18. The molecule has 0 aromatic heterocycles. The van der Waals surface area contributed by atoms with E-state index in [9.17, 15) is 4.79 Å². The molecule has 21 heavy (non-hydrogen) atoms. The molecule has 0 aliphatic carbocycles. The highest BCUT2D eigenvalue weighted by Gasteiger charge is 2.17. The summed E-state index contributed by atoms with van der Waals surface area (Å²) >= 11 is 0. The van der Waals surface area contributed by atoms with Crippen molar-refractivity contribution in [3.63, 3.8) is 0 Å². The SMILES string of the molecule is CCN(CC)CCOC(=O)c1cc(OC)cc(OC)c1N. The molecule has 0 fully saturated rings. The van der Waals surface area contributed by atoms with E-state index in [4.69, 9.17) is 19.9 Å². The Hall–Kier alpha value is -1.95. The average molecular weight is 296 g/mol. The lowest BCUT2D eigenvalue weighted by atomic mass is 10.1. The molecular formula is C15H24N2O4. The molecular weight excluding hydrogens is 272 g/mol. The summed E-state index contributed by atoms with van der Waals surface area (Å²) in [4.78, 5) is 14.3. The van der Waals surface area contributed by atoms with Crippen LogP contribution in [0.4, 0.5) is 5.69 Å². The van der Waals surface area contributed by atoms with E-state index in [-0.39, 0.29) is 11.3 Å². The standard InChI is InChI=1S/C15H24N2O4/c1-5-17(6-2)7-8-21-15(18)12-9-11(19-3)10-13(20-4)14(12)16/h9-10H,5-8,16H2,1-4H3.